The van der Waals surface area contributed by atoms with Gasteiger partial charge in [-0.1, -0.05) is 48.4 Å². The molecule has 28 heavy (non-hydrogen) atoms. The molecule has 3 aromatic rings. The second-order valence-electron chi connectivity index (χ2n) is 7.07. The number of amides is 1. The van der Waals surface area contributed by atoms with Gasteiger partial charge in [0.1, 0.15) is 5.69 Å². The molecular formula is C20H23N5O2S. The van der Waals surface area contributed by atoms with Gasteiger partial charge in [0.25, 0.3) is 11.5 Å². The fraction of sp³-hybridized carbons (Fsp3) is 0.400. The highest BCUT2D eigenvalue weighted by molar-refractivity contribution is 7.20. The number of hydrogen-bond acceptors (Lipinski definition) is 6. The Kier molecular flexibility index (Phi) is 5.38. The minimum atomic E-state index is -0.424. The van der Waals surface area contributed by atoms with Crippen LogP contribution in [0.3, 0.4) is 0 Å². The quantitative estimate of drug-likeness (QED) is 0.732. The van der Waals surface area contributed by atoms with Gasteiger partial charge in [0.05, 0.1) is 0 Å². The molecule has 1 fully saturated rings. The molecule has 7 nitrogen and oxygen atoms in total. The van der Waals surface area contributed by atoms with Gasteiger partial charge in [-0.3, -0.25) is 9.59 Å². The van der Waals surface area contributed by atoms with Gasteiger partial charge in [-0.2, -0.15) is 9.50 Å². The van der Waals surface area contributed by atoms with Crippen molar-refractivity contribution in [2.45, 2.75) is 39.2 Å². The van der Waals surface area contributed by atoms with Gasteiger partial charge in [-0.25, -0.2) is 0 Å². The fourth-order valence-electron chi connectivity index (χ4n) is 3.43. The number of nitrogens with zero attached hydrogens (tertiary/aromatic N) is 4. The van der Waals surface area contributed by atoms with E-state index in [1.54, 1.807) is 0 Å². The maximum atomic E-state index is 12.8. The lowest BCUT2D eigenvalue weighted by atomic mass is 10.1. The maximum absolute atomic E-state index is 12.8. The number of carbonyl (C=O) groups is 1. The van der Waals surface area contributed by atoms with Crippen LogP contribution in [0.2, 0.25) is 0 Å². The van der Waals surface area contributed by atoms with Crippen LogP contribution in [0.25, 0.3) is 4.96 Å². The van der Waals surface area contributed by atoms with Crippen LogP contribution < -0.4 is 15.8 Å². The van der Waals surface area contributed by atoms with Crippen molar-refractivity contribution < 1.29 is 4.79 Å². The molecule has 0 saturated carbocycles. The number of benzene rings is 1. The lowest BCUT2D eigenvalue weighted by molar-refractivity contribution is 0.0943. The summed E-state index contributed by atoms with van der Waals surface area (Å²) in [7, 11) is 0. The molecule has 0 spiro atoms. The smallest absolute Gasteiger partial charge is 0.274 e. The first-order valence-corrected chi connectivity index (χ1v) is 10.4. The van der Waals surface area contributed by atoms with Gasteiger partial charge in [-0.05, 0) is 30.9 Å². The zero-order chi connectivity index (χ0) is 19.5. The summed E-state index contributed by atoms with van der Waals surface area (Å²) < 4.78 is 1.50. The number of aromatic nitrogens is 3. The molecule has 0 atom stereocenters. The monoisotopic (exact) mass is 397 g/mol. The number of aryl methyl sites for hydroxylation is 1. The van der Waals surface area contributed by atoms with Crippen molar-refractivity contribution in [3.8, 4) is 0 Å². The highest BCUT2D eigenvalue weighted by Crippen LogP contribution is 2.25. The fourth-order valence-corrected chi connectivity index (χ4v) is 4.39. The third-order valence-corrected chi connectivity index (χ3v) is 6.02. The van der Waals surface area contributed by atoms with E-state index in [-0.39, 0.29) is 11.6 Å². The molecule has 0 aliphatic carbocycles. The second kappa shape index (κ2) is 8.10. The molecule has 1 aliphatic heterocycles. The van der Waals surface area contributed by atoms with E-state index in [2.05, 4.69) is 20.3 Å². The molecule has 1 N–H and O–H groups in total. The van der Waals surface area contributed by atoms with Gasteiger partial charge in [0.15, 0.2) is 0 Å². The first-order chi connectivity index (χ1) is 13.6. The van der Waals surface area contributed by atoms with Crippen LogP contribution in [0.4, 0.5) is 5.13 Å². The summed E-state index contributed by atoms with van der Waals surface area (Å²) in [5.41, 5.74) is 1.95. The Morgan fingerprint density at radius 1 is 1.18 bits per heavy atom. The summed E-state index contributed by atoms with van der Waals surface area (Å²) in [6.07, 6.45) is 4.71. The molecule has 1 aromatic carbocycles. The molecule has 1 saturated heterocycles. The third-order valence-electron chi connectivity index (χ3n) is 5.05. The molecule has 2 aromatic heterocycles. The Hall–Kier alpha value is -2.74. The predicted molar refractivity (Wildman–Crippen MR) is 110 cm³/mol. The van der Waals surface area contributed by atoms with Crippen molar-refractivity contribution in [1.82, 2.24) is 19.9 Å². The molecule has 3 heterocycles. The van der Waals surface area contributed by atoms with Crippen molar-refractivity contribution in [3.05, 3.63) is 57.5 Å². The van der Waals surface area contributed by atoms with Crippen LogP contribution in [0.1, 0.15) is 47.3 Å². The van der Waals surface area contributed by atoms with Gasteiger partial charge >= 0.3 is 0 Å². The minimum absolute atomic E-state index is 0.223. The van der Waals surface area contributed by atoms with E-state index in [4.69, 9.17) is 0 Å². The third kappa shape index (κ3) is 3.91. The van der Waals surface area contributed by atoms with Crippen LogP contribution in [0.15, 0.2) is 35.1 Å². The number of fused-ring (bicyclic) bond motifs is 1. The summed E-state index contributed by atoms with van der Waals surface area (Å²) in [5, 5.41) is 8.32. The van der Waals surface area contributed by atoms with Crippen molar-refractivity contribution in [1.29, 1.82) is 0 Å². The van der Waals surface area contributed by atoms with Crippen molar-refractivity contribution in [2.75, 3.05) is 18.0 Å². The number of nitrogens with one attached hydrogen (secondary N) is 1. The zero-order valence-corrected chi connectivity index (χ0v) is 16.7. The van der Waals surface area contributed by atoms with Crippen LogP contribution in [-0.4, -0.2) is 33.6 Å². The summed E-state index contributed by atoms with van der Waals surface area (Å²) >= 11 is 1.36. The summed E-state index contributed by atoms with van der Waals surface area (Å²) in [4.78, 5) is 31.6. The SMILES string of the molecule is Cc1ccccc1CNC(=O)c1cc(=O)nc2sc(N3CCCCCC3)nn12. The van der Waals surface area contributed by atoms with E-state index in [9.17, 15) is 9.59 Å². The van der Waals surface area contributed by atoms with E-state index in [0.717, 1.165) is 42.2 Å². The summed E-state index contributed by atoms with van der Waals surface area (Å²) in [6.45, 7) is 4.29. The first kappa shape index (κ1) is 18.6. The van der Waals surface area contributed by atoms with E-state index in [1.807, 2.05) is 31.2 Å². The summed E-state index contributed by atoms with van der Waals surface area (Å²) in [5.74, 6) is -0.328. The Bertz CT molecular complexity index is 1050. The first-order valence-electron chi connectivity index (χ1n) is 9.60. The Morgan fingerprint density at radius 2 is 1.93 bits per heavy atom. The molecular weight excluding hydrogens is 374 g/mol. The van der Waals surface area contributed by atoms with Crippen LogP contribution >= 0.6 is 11.3 Å². The van der Waals surface area contributed by atoms with Gasteiger partial charge < -0.3 is 10.2 Å². The molecule has 0 bridgehead atoms. The van der Waals surface area contributed by atoms with Crippen LogP contribution in [-0.2, 0) is 6.54 Å². The van der Waals surface area contributed by atoms with E-state index in [1.165, 1.54) is 34.8 Å². The van der Waals surface area contributed by atoms with Crippen molar-refractivity contribution >= 4 is 27.3 Å². The molecule has 0 unspecified atom stereocenters. The van der Waals surface area contributed by atoms with E-state index in [0.29, 0.717) is 11.5 Å². The Labute approximate surface area is 167 Å². The second-order valence-corrected chi connectivity index (χ2v) is 8.00. The van der Waals surface area contributed by atoms with Crippen LogP contribution in [0.5, 0.6) is 0 Å². The predicted octanol–water partition coefficient (Wildman–Crippen LogP) is 2.77. The number of rotatable bonds is 4. The van der Waals surface area contributed by atoms with Gasteiger partial charge in [-0.15, -0.1) is 5.10 Å². The molecule has 4 rings (SSSR count). The van der Waals surface area contributed by atoms with Gasteiger partial charge in [0.2, 0.25) is 10.1 Å². The molecule has 8 heteroatoms. The van der Waals surface area contributed by atoms with Crippen LogP contribution in [0, 0.1) is 6.92 Å². The van der Waals surface area contributed by atoms with Crippen molar-refractivity contribution in [2.24, 2.45) is 0 Å². The number of carbonyl (C=O) groups excluding carboxylic acids is 1. The van der Waals surface area contributed by atoms with E-state index < -0.39 is 5.56 Å². The lowest BCUT2D eigenvalue weighted by Crippen LogP contribution is -2.28. The van der Waals surface area contributed by atoms with E-state index >= 15 is 0 Å². The highest BCUT2D eigenvalue weighted by atomic mass is 32.1. The zero-order valence-electron chi connectivity index (χ0n) is 15.9. The molecule has 1 amide bonds. The average molecular weight is 398 g/mol. The molecule has 146 valence electrons. The maximum Gasteiger partial charge on any atom is 0.274 e. The molecule has 1 aliphatic rings. The standard InChI is InChI=1S/C20H23N5O2S/c1-14-8-4-5-9-15(14)13-21-18(27)16-12-17(26)22-19-25(16)23-20(28-19)24-10-6-2-3-7-11-24/h4-5,8-9,12H,2-3,6-7,10-11,13H2,1H3,(H,21,27). The number of hydrogen-bond donors (Lipinski definition) is 1. The lowest BCUT2D eigenvalue weighted by Gasteiger charge is -2.17. The summed E-state index contributed by atoms with van der Waals surface area (Å²) in [6, 6.07) is 9.14. The minimum Gasteiger partial charge on any atom is -0.347 e. The Balaban J connectivity index is 1.61. The average Bonchev–Trinajstić information content (AvgIpc) is 2.92. The highest BCUT2D eigenvalue weighted by Gasteiger charge is 2.19. The van der Waals surface area contributed by atoms with Crippen molar-refractivity contribution in [3.63, 3.8) is 0 Å². The normalized spacial score (nSPS) is 14.8. The van der Waals surface area contributed by atoms with Gasteiger partial charge in [0, 0.05) is 25.7 Å². The number of anilines is 1. The topological polar surface area (TPSA) is 79.6 Å². The largest absolute Gasteiger partial charge is 0.347 e. The molecule has 0 radical (unpaired) electrons. The Morgan fingerprint density at radius 3 is 2.68 bits per heavy atom.